The lowest BCUT2D eigenvalue weighted by Crippen LogP contribution is -2.46. The minimum atomic E-state index is -0.112. The van der Waals surface area contributed by atoms with Gasteiger partial charge in [-0.25, -0.2) is 9.97 Å². The summed E-state index contributed by atoms with van der Waals surface area (Å²) in [6, 6.07) is 5.82. The number of fused-ring (bicyclic) bond motifs is 2. The highest BCUT2D eigenvalue weighted by Crippen LogP contribution is 2.21. The molecule has 1 saturated heterocycles. The molecule has 3 aromatic rings. The zero-order valence-corrected chi connectivity index (χ0v) is 16.9. The molecule has 1 aromatic carbocycles. The van der Waals surface area contributed by atoms with Crippen molar-refractivity contribution in [2.75, 3.05) is 44.3 Å². The number of benzene rings is 1. The summed E-state index contributed by atoms with van der Waals surface area (Å²) >= 11 is 0. The third-order valence-corrected chi connectivity index (χ3v) is 5.89. The van der Waals surface area contributed by atoms with Gasteiger partial charge >= 0.3 is 0 Å². The highest BCUT2D eigenvalue weighted by atomic mass is 16.5. The third-order valence-electron chi connectivity index (χ3n) is 5.89. The van der Waals surface area contributed by atoms with E-state index in [0.717, 1.165) is 63.1 Å². The van der Waals surface area contributed by atoms with Crippen molar-refractivity contribution in [3.05, 3.63) is 52.6 Å². The summed E-state index contributed by atoms with van der Waals surface area (Å²) < 4.78 is 9.12. The second-order valence-electron chi connectivity index (χ2n) is 7.83. The van der Waals surface area contributed by atoms with Gasteiger partial charge in [-0.2, -0.15) is 0 Å². The molecule has 0 amide bonds. The average Bonchev–Trinajstić information content (AvgIpc) is 3.18. The first-order chi connectivity index (χ1) is 14.7. The summed E-state index contributed by atoms with van der Waals surface area (Å²) in [5.41, 5.74) is 2.78. The first kappa shape index (κ1) is 19.2. The molecule has 30 heavy (non-hydrogen) atoms. The van der Waals surface area contributed by atoms with Crippen LogP contribution in [-0.4, -0.2) is 68.5 Å². The summed E-state index contributed by atoms with van der Waals surface area (Å²) in [7, 11) is 0. The Morgan fingerprint density at radius 2 is 2.00 bits per heavy atom. The SMILES string of the molecule is O=c1c2ccc(N3CCN(Cc4cn5c(n4)COCC5)CC3)cc2ncn1CCO. The quantitative estimate of drug-likeness (QED) is 0.653. The van der Waals surface area contributed by atoms with E-state index in [1.165, 1.54) is 10.9 Å². The molecule has 0 aliphatic carbocycles. The van der Waals surface area contributed by atoms with Gasteiger partial charge in [0.15, 0.2) is 0 Å². The van der Waals surface area contributed by atoms with E-state index < -0.39 is 0 Å². The molecule has 0 bridgehead atoms. The molecule has 2 aliphatic heterocycles. The van der Waals surface area contributed by atoms with Gasteiger partial charge in [0, 0.05) is 51.2 Å². The fourth-order valence-corrected chi connectivity index (χ4v) is 4.23. The van der Waals surface area contributed by atoms with E-state index >= 15 is 0 Å². The minimum Gasteiger partial charge on any atom is -0.395 e. The zero-order chi connectivity index (χ0) is 20.5. The van der Waals surface area contributed by atoms with Crippen molar-refractivity contribution in [3.8, 4) is 0 Å². The van der Waals surface area contributed by atoms with Gasteiger partial charge in [-0.3, -0.25) is 14.3 Å². The lowest BCUT2D eigenvalue weighted by molar-refractivity contribution is 0.0816. The van der Waals surface area contributed by atoms with Crippen LogP contribution in [-0.2, 0) is 31.0 Å². The van der Waals surface area contributed by atoms with Gasteiger partial charge < -0.3 is 19.3 Å². The van der Waals surface area contributed by atoms with Crippen molar-refractivity contribution in [2.45, 2.75) is 26.2 Å². The summed E-state index contributed by atoms with van der Waals surface area (Å²) in [6.45, 7) is 7.06. The maximum absolute atomic E-state index is 12.5. The molecule has 0 atom stereocenters. The number of hydrogen-bond acceptors (Lipinski definition) is 7. The second-order valence-corrected chi connectivity index (χ2v) is 7.83. The van der Waals surface area contributed by atoms with Gasteiger partial charge in [0.1, 0.15) is 12.4 Å². The van der Waals surface area contributed by atoms with E-state index in [1.807, 2.05) is 18.2 Å². The first-order valence-corrected chi connectivity index (χ1v) is 10.4. The number of aliphatic hydroxyl groups excluding tert-OH is 1. The topological polar surface area (TPSA) is 88.7 Å². The minimum absolute atomic E-state index is 0.0786. The summed E-state index contributed by atoms with van der Waals surface area (Å²) in [6.07, 6.45) is 3.67. The fourth-order valence-electron chi connectivity index (χ4n) is 4.23. The molecule has 158 valence electrons. The average molecular weight is 410 g/mol. The molecule has 1 fully saturated rings. The van der Waals surface area contributed by atoms with Crippen molar-refractivity contribution in [1.29, 1.82) is 0 Å². The maximum Gasteiger partial charge on any atom is 0.261 e. The standard InChI is InChI=1S/C21H26N6O3/c28-9-7-27-15-22-19-11-17(1-2-18(19)21(27)29)25-5-3-24(4-6-25)12-16-13-26-8-10-30-14-20(26)23-16/h1-2,11,13,15,28H,3-10,12,14H2. The molecule has 4 heterocycles. The number of imidazole rings is 1. The van der Waals surface area contributed by atoms with Crippen LogP contribution < -0.4 is 10.5 Å². The van der Waals surface area contributed by atoms with E-state index in [-0.39, 0.29) is 18.7 Å². The Morgan fingerprint density at radius 1 is 1.13 bits per heavy atom. The number of nitrogens with zero attached hydrogens (tertiary/aromatic N) is 6. The van der Waals surface area contributed by atoms with Crippen LogP contribution in [0.4, 0.5) is 5.69 Å². The Bertz CT molecular complexity index is 1080. The highest BCUT2D eigenvalue weighted by molar-refractivity contribution is 5.81. The molecule has 1 N–H and O–H groups in total. The van der Waals surface area contributed by atoms with E-state index in [4.69, 9.17) is 14.8 Å². The van der Waals surface area contributed by atoms with Crippen LogP contribution in [0.25, 0.3) is 10.9 Å². The predicted molar refractivity (Wildman–Crippen MR) is 112 cm³/mol. The Balaban J connectivity index is 1.25. The van der Waals surface area contributed by atoms with Crippen LogP contribution in [0.1, 0.15) is 11.5 Å². The molecular weight excluding hydrogens is 384 g/mol. The van der Waals surface area contributed by atoms with Crippen molar-refractivity contribution in [3.63, 3.8) is 0 Å². The fraction of sp³-hybridized carbons (Fsp3) is 0.476. The highest BCUT2D eigenvalue weighted by Gasteiger charge is 2.20. The molecule has 2 aliphatic rings. The normalized spacial score (nSPS) is 17.4. The van der Waals surface area contributed by atoms with E-state index in [0.29, 0.717) is 17.5 Å². The maximum atomic E-state index is 12.5. The monoisotopic (exact) mass is 410 g/mol. The number of aliphatic hydroxyl groups is 1. The Hall–Kier alpha value is -2.75. The van der Waals surface area contributed by atoms with Crippen LogP contribution in [0.5, 0.6) is 0 Å². The third kappa shape index (κ3) is 3.71. The molecule has 5 rings (SSSR count). The molecular formula is C21H26N6O3. The summed E-state index contributed by atoms with van der Waals surface area (Å²) in [5, 5.41) is 9.66. The Morgan fingerprint density at radius 3 is 2.80 bits per heavy atom. The number of ether oxygens (including phenoxy) is 1. The van der Waals surface area contributed by atoms with Gasteiger partial charge in [-0.15, -0.1) is 0 Å². The molecule has 0 unspecified atom stereocenters. The lowest BCUT2D eigenvalue weighted by Gasteiger charge is -2.35. The van der Waals surface area contributed by atoms with Crippen LogP contribution >= 0.6 is 0 Å². The van der Waals surface area contributed by atoms with Crippen LogP contribution in [0, 0.1) is 0 Å². The van der Waals surface area contributed by atoms with E-state index in [1.54, 1.807) is 0 Å². The first-order valence-electron chi connectivity index (χ1n) is 10.4. The van der Waals surface area contributed by atoms with E-state index in [2.05, 4.69) is 25.5 Å². The van der Waals surface area contributed by atoms with Gasteiger partial charge in [0.05, 0.1) is 42.7 Å². The molecule has 2 aromatic heterocycles. The Kier molecular flexibility index (Phi) is 5.24. The smallest absolute Gasteiger partial charge is 0.261 e. The van der Waals surface area contributed by atoms with Crippen molar-refractivity contribution < 1.29 is 9.84 Å². The summed E-state index contributed by atoms with van der Waals surface area (Å²) in [4.78, 5) is 26.4. The number of piperazine rings is 1. The van der Waals surface area contributed by atoms with Crippen LogP contribution in [0.2, 0.25) is 0 Å². The van der Waals surface area contributed by atoms with Gasteiger partial charge in [0.2, 0.25) is 0 Å². The van der Waals surface area contributed by atoms with Gasteiger partial charge in [-0.05, 0) is 18.2 Å². The van der Waals surface area contributed by atoms with Gasteiger partial charge in [0.25, 0.3) is 5.56 Å². The number of anilines is 1. The number of rotatable bonds is 5. The number of aromatic nitrogens is 4. The Labute approximate surface area is 174 Å². The van der Waals surface area contributed by atoms with Crippen LogP contribution in [0.15, 0.2) is 35.5 Å². The van der Waals surface area contributed by atoms with Gasteiger partial charge in [-0.1, -0.05) is 0 Å². The molecule has 0 saturated carbocycles. The molecule has 0 radical (unpaired) electrons. The summed E-state index contributed by atoms with van der Waals surface area (Å²) in [5.74, 6) is 1.02. The predicted octanol–water partition coefficient (Wildman–Crippen LogP) is 0.438. The van der Waals surface area contributed by atoms with Crippen molar-refractivity contribution in [1.82, 2.24) is 24.0 Å². The van der Waals surface area contributed by atoms with E-state index in [9.17, 15) is 4.79 Å². The number of hydrogen-bond donors (Lipinski definition) is 1. The lowest BCUT2D eigenvalue weighted by atomic mass is 10.2. The second kappa shape index (κ2) is 8.17. The van der Waals surface area contributed by atoms with Crippen molar-refractivity contribution >= 4 is 16.6 Å². The molecule has 9 heteroatoms. The largest absolute Gasteiger partial charge is 0.395 e. The van der Waals surface area contributed by atoms with Crippen LogP contribution in [0.3, 0.4) is 0 Å². The van der Waals surface area contributed by atoms with Crippen molar-refractivity contribution in [2.24, 2.45) is 0 Å². The molecule has 9 nitrogen and oxygen atoms in total. The molecule has 0 spiro atoms. The zero-order valence-electron chi connectivity index (χ0n) is 16.9.